The van der Waals surface area contributed by atoms with Gasteiger partial charge in [-0.25, -0.2) is 0 Å². The second-order valence-electron chi connectivity index (χ2n) is 3.95. The van der Waals surface area contributed by atoms with E-state index in [4.69, 9.17) is 23.2 Å². The molecule has 0 aliphatic carbocycles. The molecule has 0 unspecified atom stereocenters. The lowest BCUT2D eigenvalue weighted by molar-refractivity contribution is 0.0954. The number of aromatic nitrogens is 1. The molecule has 0 aliphatic rings. The predicted molar refractivity (Wildman–Crippen MR) is 76.7 cm³/mol. The molecule has 1 N–H and O–H groups in total. The zero-order valence-corrected chi connectivity index (χ0v) is 11.6. The summed E-state index contributed by atoms with van der Waals surface area (Å²) in [5, 5.41) is 4.03. The van der Waals surface area contributed by atoms with Crippen molar-refractivity contribution in [2.75, 3.05) is 6.54 Å². The van der Waals surface area contributed by atoms with Crippen molar-refractivity contribution in [2.45, 2.75) is 6.42 Å². The fourth-order valence-electron chi connectivity index (χ4n) is 1.67. The van der Waals surface area contributed by atoms with E-state index in [1.165, 1.54) is 6.20 Å². The number of nitrogens with one attached hydrogen (secondary N) is 1. The maximum atomic E-state index is 11.8. The van der Waals surface area contributed by atoms with Crippen LogP contribution in [0.1, 0.15) is 15.9 Å². The van der Waals surface area contributed by atoms with Gasteiger partial charge in [0, 0.05) is 29.0 Å². The van der Waals surface area contributed by atoms with Crippen LogP contribution < -0.4 is 5.32 Å². The number of halogens is 2. The number of benzene rings is 1. The summed E-state index contributed by atoms with van der Waals surface area (Å²) in [7, 11) is 0. The fourth-order valence-corrected chi connectivity index (χ4v) is 2.26. The molecule has 0 bridgehead atoms. The SMILES string of the molecule is O=C(NCCc1c(Cl)cccc1Cl)c1cccnc1. The first-order valence-electron chi connectivity index (χ1n) is 5.79. The Morgan fingerprint density at radius 1 is 1.16 bits per heavy atom. The number of pyridine rings is 1. The number of hydrogen-bond acceptors (Lipinski definition) is 2. The summed E-state index contributed by atoms with van der Waals surface area (Å²) in [6.45, 7) is 0.469. The summed E-state index contributed by atoms with van der Waals surface area (Å²) in [6.07, 6.45) is 3.74. The molecule has 5 heteroatoms. The van der Waals surface area contributed by atoms with Crippen molar-refractivity contribution in [3.8, 4) is 0 Å². The average molecular weight is 295 g/mol. The van der Waals surface area contributed by atoms with E-state index in [0.717, 1.165) is 5.56 Å². The van der Waals surface area contributed by atoms with Crippen LogP contribution in [0.25, 0.3) is 0 Å². The number of rotatable bonds is 4. The molecule has 1 aromatic heterocycles. The maximum Gasteiger partial charge on any atom is 0.252 e. The van der Waals surface area contributed by atoms with Crippen molar-refractivity contribution < 1.29 is 4.79 Å². The van der Waals surface area contributed by atoms with E-state index in [1.807, 2.05) is 0 Å². The van der Waals surface area contributed by atoms with E-state index < -0.39 is 0 Å². The molecular formula is C14H12Cl2N2O. The van der Waals surface area contributed by atoms with Crippen molar-refractivity contribution in [3.05, 3.63) is 63.9 Å². The van der Waals surface area contributed by atoms with Crippen molar-refractivity contribution in [3.63, 3.8) is 0 Å². The van der Waals surface area contributed by atoms with Gasteiger partial charge in [-0.15, -0.1) is 0 Å². The van der Waals surface area contributed by atoms with Crippen LogP contribution in [0.5, 0.6) is 0 Å². The van der Waals surface area contributed by atoms with Crippen molar-refractivity contribution in [1.29, 1.82) is 0 Å². The van der Waals surface area contributed by atoms with Gasteiger partial charge in [-0.1, -0.05) is 29.3 Å². The van der Waals surface area contributed by atoms with Crippen LogP contribution in [0.3, 0.4) is 0 Å². The Balaban J connectivity index is 1.92. The molecule has 0 aliphatic heterocycles. The molecular weight excluding hydrogens is 283 g/mol. The smallest absolute Gasteiger partial charge is 0.252 e. The van der Waals surface area contributed by atoms with Crippen LogP contribution in [0.4, 0.5) is 0 Å². The molecule has 1 heterocycles. The lowest BCUT2D eigenvalue weighted by Crippen LogP contribution is -2.25. The van der Waals surface area contributed by atoms with E-state index in [-0.39, 0.29) is 5.91 Å². The number of carbonyl (C=O) groups excluding carboxylic acids is 1. The quantitative estimate of drug-likeness (QED) is 0.939. The molecule has 19 heavy (non-hydrogen) atoms. The first kappa shape index (κ1) is 13.8. The summed E-state index contributed by atoms with van der Waals surface area (Å²) in [6, 6.07) is 8.80. The Labute approximate surface area is 121 Å². The van der Waals surface area contributed by atoms with E-state index in [9.17, 15) is 4.79 Å². The van der Waals surface area contributed by atoms with Gasteiger partial charge in [0.1, 0.15) is 0 Å². The normalized spacial score (nSPS) is 10.2. The molecule has 0 atom stereocenters. The van der Waals surface area contributed by atoms with E-state index >= 15 is 0 Å². The van der Waals surface area contributed by atoms with Gasteiger partial charge in [-0.2, -0.15) is 0 Å². The number of amides is 1. The van der Waals surface area contributed by atoms with Gasteiger partial charge < -0.3 is 5.32 Å². The van der Waals surface area contributed by atoms with Gasteiger partial charge in [0.15, 0.2) is 0 Å². The standard InChI is InChI=1S/C14H12Cl2N2O/c15-12-4-1-5-13(16)11(12)6-8-18-14(19)10-3-2-7-17-9-10/h1-5,7,9H,6,8H2,(H,18,19). The monoisotopic (exact) mass is 294 g/mol. The van der Waals surface area contributed by atoms with E-state index in [2.05, 4.69) is 10.3 Å². The van der Waals surface area contributed by atoms with Crippen LogP contribution in [0.2, 0.25) is 10.0 Å². The highest BCUT2D eigenvalue weighted by atomic mass is 35.5. The van der Waals surface area contributed by atoms with E-state index in [0.29, 0.717) is 28.6 Å². The summed E-state index contributed by atoms with van der Waals surface area (Å²) in [5.74, 6) is -0.156. The lowest BCUT2D eigenvalue weighted by atomic mass is 10.1. The summed E-state index contributed by atoms with van der Waals surface area (Å²) in [4.78, 5) is 15.7. The van der Waals surface area contributed by atoms with Crippen molar-refractivity contribution >= 4 is 29.1 Å². The van der Waals surface area contributed by atoms with Crippen LogP contribution >= 0.6 is 23.2 Å². The zero-order chi connectivity index (χ0) is 13.7. The molecule has 1 amide bonds. The van der Waals surface area contributed by atoms with Gasteiger partial charge in [-0.3, -0.25) is 9.78 Å². The molecule has 0 fully saturated rings. The third-order valence-electron chi connectivity index (χ3n) is 2.65. The highest BCUT2D eigenvalue weighted by Crippen LogP contribution is 2.24. The first-order valence-corrected chi connectivity index (χ1v) is 6.55. The van der Waals surface area contributed by atoms with Gasteiger partial charge in [-0.05, 0) is 36.2 Å². The van der Waals surface area contributed by atoms with Crippen LogP contribution in [0.15, 0.2) is 42.7 Å². The molecule has 0 saturated carbocycles. The molecule has 98 valence electrons. The topological polar surface area (TPSA) is 42.0 Å². The van der Waals surface area contributed by atoms with Gasteiger partial charge in [0.25, 0.3) is 5.91 Å². The average Bonchev–Trinajstić information content (AvgIpc) is 2.43. The van der Waals surface area contributed by atoms with Crippen LogP contribution in [-0.4, -0.2) is 17.4 Å². The van der Waals surface area contributed by atoms with Gasteiger partial charge >= 0.3 is 0 Å². The Morgan fingerprint density at radius 3 is 2.53 bits per heavy atom. The van der Waals surface area contributed by atoms with Crippen LogP contribution in [0, 0.1) is 0 Å². The molecule has 0 spiro atoms. The third-order valence-corrected chi connectivity index (χ3v) is 3.35. The summed E-state index contributed by atoms with van der Waals surface area (Å²) >= 11 is 12.1. The fraction of sp³-hybridized carbons (Fsp3) is 0.143. The van der Waals surface area contributed by atoms with Gasteiger partial charge in [0.2, 0.25) is 0 Å². The van der Waals surface area contributed by atoms with Crippen molar-refractivity contribution in [2.24, 2.45) is 0 Å². The Hall–Kier alpha value is -1.58. The molecule has 0 radical (unpaired) electrons. The minimum Gasteiger partial charge on any atom is -0.352 e. The second-order valence-corrected chi connectivity index (χ2v) is 4.76. The Kier molecular flexibility index (Phi) is 4.77. The molecule has 3 nitrogen and oxygen atoms in total. The zero-order valence-electron chi connectivity index (χ0n) is 10.1. The maximum absolute atomic E-state index is 11.8. The minimum atomic E-state index is -0.156. The van der Waals surface area contributed by atoms with Crippen molar-refractivity contribution in [1.82, 2.24) is 10.3 Å². The van der Waals surface area contributed by atoms with Crippen LogP contribution in [-0.2, 0) is 6.42 Å². The summed E-state index contributed by atoms with van der Waals surface area (Å²) in [5.41, 5.74) is 1.38. The molecule has 1 aromatic carbocycles. The predicted octanol–water partition coefficient (Wildman–Crippen LogP) is 3.36. The minimum absolute atomic E-state index is 0.156. The molecule has 2 rings (SSSR count). The lowest BCUT2D eigenvalue weighted by Gasteiger charge is -2.08. The highest BCUT2D eigenvalue weighted by Gasteiger charge is 2.07. The Bertz CT molecular complexity index is 553. The molecule has 0 saturated heterocycles. The molecule has 2 aromatic rings. The Morgan fingerprint density at radius 2 is 1.89 bits per heavy atom. The van der Waals surface area contributed by atoms with E-state index in [1.54, 1.807) is 36.5 Å². The highest BCUT2D eigenvalue weighted by molar-refractivity contribution is 6.35. The number of hydrogen-bond donors (Lipinski definition) is 1. The largest absolute Gasteiger partial charge is 0.352 e. The summed E-state index contributed by atoms with van der Waals surface area (Å²) < 4.78 is 0. The number of carbonyl (C=O) groups is 1. The first-order chi connectivity index (χ1) is 9.18. The second kappa shape index (κ2) is 6.55. The number of nitrogens with zero attached hydrogens (tertiary/aromatic N) is 1. The third kappa shape index (κ3) is 3.69. The van der Waals surface area contributed by atoms with Gasteiger partial charge in [0.05, 0.1) is 5.56 Å².